The first-order valence-electron chi connectivity index (χ1n) is 6.55. The van der Waals surface area contributed by atoms with Gasteiger partial charge in [-0.05, 0) is 53.7 Å². The highest BCUT2D eigenvalue weighted by Gasteiger charge is 2.03. The molecule has 0 saturated heterocycles. The maximum atomic E-state index is 4.34. The van der Waals surface area contributed by atoms with Crippen LogP contribution in [0.4, 0.5) is 0 Å². The summed E-state index contributed by atoms with van der Waals surface area (Å²) in [5.74, 6) is 1.87. The van der Waals surface area contributed by atoms with Gasteiger partial charge < -0.3 is 5.32 Å². The quantitative estimate of drug-likeness (QED) is 0.566. The van der Waals surface area contributed by atoms with Crippen molar-refractivity contribution in [1.82, 2.24) is 10.3 Å². The van der Waals surface area contributed by atoms with Crippen LogP contribution in [0.2, 0.25) is 0 Å². The van der Waals surface area contributed by atoms with E-state index in [1.54, 1.807) is 11.8 Å². The van der Waals surface area contributed by atoms with E-state index in [4.69, 9.17) is 0 Å². The zero-order valence-corrected chi connectivity index (χ0v) is 13.9. The summed E-state index contributed by atoms with van der Waals surface area (Å²) >= 11 is 5.19. The van der Waals surface area contributed by atoms with Crippen molar-refractivity contribution in [2.75, 3.05) is 12.3 Å². The Morgan fingerprint density at radius 3 is 2.67 bits per heavy atom. The number of rotatable bonds is 8. The van der Waals surface area contributed by atoms with Gasteiger partial charge >= 0.3 is 0 Å². The number of hydrogen-bond acceptors (Lipinski definition) is 3. The summed E-state index contributed by atoms with van der Waals surface area (Å²) in [5.41, 5.74) is 0. The van der Waals surface area contributed by atoms with Gasteiger partial charge in [0.05, 0.1) is 5.03 Å². The lowest BCUT2D eigenvalue weighted by Crippen LogP contribution is -2.28. The maximum Gasteiger partial charge on any atom is 0.0961 e. The van der Waals surface area contributed by atoms with E-state index in [1.165, 1.54) is 12.8 Å². The Kier molecular flexibility index (Phi) is 7.95. The predicted octanol–water partition coefficient (Wildman–Crippen LogP) is 4.35. The second kappa shape index (κ2) is 8.94. The number of nitrogens with zero attached hydrogens (tertiary/aromatic N) is 1. The molecule has 2 nitrogen and oxygen atoms in total. The zero-order chi connectivity index (χ0) is 13.4. The molecule has 18 heavy (non-hydrogen) atoms. The van der Waals surface area contributed by atoms with Crippen molar-refractivity contribution in [3.8, 4) is 0 Å². The first-order chi connectivity index (χ1) is 8.58. The van der Waals surface area contributed by atoms with Crippen LogP contribution in [0, 0.1) is 5.92 Å². The van der Waals surface area contributed by atoms with Crippen LogP contribution in [0.25, 0.3) is 0 Å². The summed E-state index contributed by atoms with van der Waals surface area (Å²) in [6.07, 6.45) is 4.41. The lowest BCUT2D eigenvalue weighted by molar-refractivity contribution is 0.460. The summed E-state index contributed by atoms with van der Waals surface area (Å²) in [7, 11) is 0. The molecule has 1 rings (SSSR count). The van der Waals surface area contributed by atoms with Gasteiger partial charge in [0.1, 0.15) is 0 Å². The molecule has 1 unspecified atom stereocenters. The smallest absolute Gasteiger partial charge is 0.0961 e. The van der Waals surface area contributed by atoms with Crippen LogP contribution in [0.5, 0.6) is 0 Å². The zero-order valence-electron chi connectivity index (χ0n) is 11.4. The van der Waals surface area contributed by atoms with Gasteiger partial charge in [-0.25, -0.2) is 4.98 Å². The monoisotopic (exact) mass is 330 g/mol. The summed E-state index contributed by atoms with van der Waals surface area (Å²) in [6.45, 7) is 7.87. The molecule has 0 saturated carbocycles. The van der Waals surface area contributed by atoms with Crippen molar-refractivity contribution >= 4 is 27.7 Å². The van der Waals surface area contributed by atoms with Gasteiger partial charge in [0, 0.05) is 29.0 Å². The third-order valence-corrected chi connectivity index (χ3v) is 4.14. The van der Waals surface area contributed by atoms with E-state index in [9.17, 15) is 0 Å². The molecule has 102 valence electrons. The molecule has 1 heterocycles. The Morgan fingerprint density at radius 1 is 1.28 bits per heavy atom. The highest BCUT2D eigenvalue weighted by molar-refractivity contribution is 9.10. The Morgan fingerprint density at radius 2 is 2.06 bits per heavy atom. The second-order valence-electron chi connectivity index (χ2n) is 4.99. The van der Waals surface area contributed by atoms with Crippen molar-refractivity contribution in [3.05, 3.63) is 22.8 Å². The van der Waals surface area contributed by atoms with E-state index in [0.717, 1.165) is 27.7 Å². The molecular formula is C14H23BrN2S. The molecule has 0 amide bonds. The van der Waals surface area contributed by atoms with Crippen LogP contribution in [-0.4, -0.2) is 23.3 Å². The molecule has 4 heteroatoms. The van der Waals surface area contributed by atoms with Gasteiger partial charge in [-0.2, -0.15) is 0 Å². The number of pyridine rings is 1. The summed E-state index contributed by atoms with van der Waals surface area (Å²) < 4.78 is 1.03. The summed E-state index contributed by atoms with van der Waals surface area (Å²) in [5, 5.41) is 4.65. The Bertz CT molecular complexity index is 327. The average molecular weight is 331 g/mol. The first kappa shape index (κ1) is 16.0. The molecule has 1 N–H and O–H groups in total. The number of thioether (sulfide) groups is 1. The van der Waals surface area contributed by atoms with Crippen molar-refractivity contribution in [2.45, 2.75) is 44.7 Å². The molecule has 1 atom stereocenters. The van der Waals surface area contributed by atoms with E-state index in [-0.39, 0.29) is 0 Å². The van der Waals surface area contributed by atoms with Gasteiger partial charge in [-0.15, -0.1) is 11.8 Å². The predicted molar refractivity (Wildman–Crippen MR) is 84.2 cm³/mol. The average Bonchev–Trinajstić information content (AvgIpc) is 2.34. The van der Waals surface area contributed by atoms with Crippen LogP contribution >= 0.6 is 27.7 Å². The summed E-state index contributed by atoms with van der Waals surface area (Å²) in [4.78, 5) is 4.34. The van der Waals surface area contributed by atoms with E-state index >= 15 is 0 Å². The molecule has 1 aromatic heterocycles. The largest absolute Gasteiger partial charge is 0.313 e. The van der Waals surface area contributed by atoms with Gasteiger partial charge in [-0.1, -0.05) is 13.8 Å². The molecule has 0 aromatic carbocycles. The topological polar surface area (TPSA) is 24.9 Å². The van der Waals surface area contributed by atoms with Crippen LogP contribution in [0.15, 0.2) is 27.8 Å². The molecule has 0 spiro atoms. The maximum absolute atomic E-state index is 4.34. The SMILES string of the molecule is CC(C)CCC(C)NCCSc1ccc(Br)cn1. The van der Waals surface area contributed by atoms with Crippen molar-refractivity contribution in [1.29, 1.82) is 0 Å². The van der Waals surface area contributed by atoms with Crippen molar-refractivity contribution in [2.24, 2.45) is 5.92 Å². The Hall–Kier alpha value is -0.0600. The highest BCUT2D eigenvalue weighted by Crippen LogP contribution is 2.16. The Balaban J connectivity index is 2.09. The molecule has 0 aliphatic rings. The number of nitrogens with one attached hydrogen (secondary N) is 1. The lowest BCUT2D eigenvalue weighted by Gasteiger charge is -2.14. The Labute approximate surface area is 123 Å². The van der Waals surface area contributed by atoms with E-state index in [0.29, 0.717) is 6.04 Å². The van der Waals surface area contributed by atoms with E-state index in [1.807, 2.05) is 12.3 Å². The highest BCUT2D eigenvalue weighted by atomic mass is 79.9. The van der Waals surface area contributed by atoms with Crippen molar-refractivity contribution in [3.63, 3.8) is 0 Å². The minimum Gasteiger partial charge on any atom is -0.313 e. The van der Waals surface area contributed by atoms with Crippen LogP contribution < -0.4 is 5.32 Å². The number of hydrogen-bond donors (Lipinski definition) is 1. The van der Waals surface area contributed by atoms with E-state index in [2.05, 4.69) is 53.1 Å². The molecule has 0 aliphatic heterocycles. The standard InChI is InChI=1S/C14H23BrN2S/c1-11(2)4-5-12(3)16-8-9-18-14-7-6-13(15)10-17-14/h6-7,10-12,16H,4-5,8-9H2,1-3H3. The molecule has 0 aliphatic carbocycles. The third-order valence-electron chi connectivity index (χ3n) is 2.72. The van der Waals surface area contributed by atoms with Gasteiger partial charge in [0.2, 0.25) is 0 Å². The molecule has 0 bridgehead atoms. The minimum absolute atomic E-state index is 0.617. The van der Waals surface area contributed by atoms with Gasteiger partial charge in [0.15, 0.2) is 0 Å². The fourth-order valence-corrected chi connectivity index (χ4v) is 2.55. The van der Waals surface area contributed by atoms with Gasteiger partial charge in [0.25, 0.3) is 0 Å². The fourth-order valence-electron chi connectivity index (χ4n) is 1.59. The lowest BCUT2D eigenvalue weighted by atomic mass is 10.0. The van der Waals surface area contributed by atoms with Crippen molar-refractivity contribution < 1.29 is 0 Å². The molecule has 0 fully saturated rings. The van der Waals surface area contributed by atoms with Crippen LogP contribution in [0.1, 0.15) is 33.6 Å². The second-order valence-corrected chi connectivity index (χ2v) is 7.02. The number of aromatic nitrogens is 1. The van der Waals surface area contributed by atoms with Crippen LogP contribution in [-0.2, 0) is 0 Å². The molecule has 0 radical (unpaired) electrons. The minimum atomic E-state index is 0.617. The molecular weight excluding hydrogens is 308 g/mol. The third kappa shape index (κ3) is 7.39. The first-order valence-corrected chi connectivity index (χ1v) is 8.33. The summed E-state index contributed by atoms with van der Waals surface area (Å²) in [6, 6.07) is 4.70. The van der Waals surface area contributed by atoms with E-state index < -0.39 is 0 Å². The fraction of sp³-hybridized carbons (Fsp3) is 0.643. The van der Waals surface area contributed by atoms with Crippen LogP contribution in [0.3, 0.4) is 0 Å². The number of halogens is 1. The van der Waals surface area contributed by atoms with Gasteiger partial charge in [-0.3, -0.25) is 0 Å². The normalized spacial score (nSPS) is 12.9. The molecule has 1 aromatic rings.